The van der Waals surface area contributed by atoms with Crippen molar-refractivity contribution in [2.45, 2.75) is 34.1 Å². The maximum Gasteiger partial charge on any atom is 0.238 e. The van der Waals surface area contributed by atoms with Crippen LogP contribution in [0.3, 0.4) is 0 Å². The Labute approximate surface area is 149 Å². The van der Waals surface area contributed by atoms with Crippen LogP contribution in [0.1, 0.15) is 32.8 Å². The molecule has 0 radical (unpaired) electrons. The second-order valence-electron chi connectivity index (χ2n) is 6.34. The van der Waals surface area contributed by atoms with Gasteiger partial charge < -0.3 is 10.6 Å². The summed E-state index contributed by atoms with van der Waals surface area (Å²) in [5.74, 6) is 0.348. The molecule has 2 N–H and O–H groups in total. The van der Waals surface area contributed by atoms with E-state index in [0.29, 0.717) is 29.7 Å². The van der Waals surface area contributed by atoms with Gasteiger partial charge in [0.1, 0.15) is 0 Å². The summed E-state index contributed by atoms with van der Waals surface area (Å²) in [7, 11) is 0. The maximum atomic E-state index is 12.2. The Morgan fingerprint density at radius 3 is 2.50 bits per heavy atom. The largest absolute Gasteiger partial charge is 0.355 e. The van der Waals surface area contributed by atoms with Crippen molar-refractivity contribution in [1.82, 2.24) is 10.2 Å². The topological polar surface area (TPSA) is 61.4 Å². The Hall–Kier alpha value is -1.59. The summed E-state index contributed by atoms with van der Waals surface area (Å²) < 4.78 is 0. The lowest BCUT2D eigenvalue weighted by molar-refractivity contribution is -0.123. The zero-order valence-corrected chi connectivity index (χ0v) is 15.7. The van der Waals surface area contributed by atoms with Gasteiger partial charge in [0.05, 0.1) is 13.1 Å². The summed E-state index contributed by atoms with van der Waals surface area (Å²) in [5.41, 5.74) is 1.65. The van der Waals surface area contributed by atoms with Gasteiger partial charge in [-0.15, -0.1) is 0 Å². The third-order valence-corrected chi connectivity index (χ3v) is 3.93. The van der Waals surface area contributed by atoms with Crippen LogP contribution in [0, 0.1) is 12.8 Å². The first-order chi connectivity index (χ1) is 11.3. The number of nitrogens with one attached hydrogen (secondary N) is 2. The number of anilines is 1. The van der Waals surface area contributed by atoms with E-state index in [0.717, 1.165) is 12.0 Å². The number of amides is 2. The van der Waals surface area contributed by atoms with Crippen molar-refractivity contribution in [2.75, 3.05) is 31.5 Å². The predicted molar refractivity (Wildman–Crippen MR) is 99.4 cm³/mol. The summed E-state index contributed by atoms with van der Waals surface area (Å²) in [6, 6.07) is 5.37. The SMILES string of the molecule is CCN(CC(=O)NCCC(C)C)CC(=O)Nc1cc(Cl)ccc1C. The average Bonchev–Trinajstić information content (AvgIpc) is 2.49. The normalized spacial score (nSPS) is 11.0. The predicted octanol–water partition coefficient (Wildman–Crippen LogP) is 3.07. The van der Waals surface area contributed by atoms with Crippen LogP contribution < -0.4 is 10.6 Å². The molecule has 134 valence electrons. The molecule has 0 unspecified atom stereocenters. The number of carbonyl (C=O) groups is 2. The van der Waals surface area contributed by atoms with Crippen LogP contribution in [0.4, 0.5) is 5.69 Å². The number of likely N-dealkylation sites (N-methyl/N-ethyl adjacent to an activating group) is 1. The van der Waals surface area contributed by atoms with Crippen LogP contribution in [0.2, 0.25) is 5.02 Å². The van der Waals surface area contributed by atoms with Gasteiger partial charge in [0, 0.05) is 17.3 Å². The Kier molecular flexibility index (Phi) is 8.79. The second kappa shape index (κ2) is 10.3. The lowest BCUT2D eigenvalue weighted by atomic mass is 10.1. The van der Waals surface area contributed by atoms with Crippen molar-refractivity contribution in [2.24, 2.45) is 5.92 Å². The van der Waals surface area contributed by atoms with Gasteiger partial charge in [-0.3, -0.25) is 14.5 Å². The summed E-state index contributed by atoms with van der Waals surface area (Å²) in [5, 5.41) is 6.32. The van der Waals surface area contributed by atoms with Crippen LogP contribution >= 0.6 is 11.6 Å². The molecular formula is C18H28ClN3O2. The highest BCUT2D eigenvalue weighted by Crippen LogP contribution is 2.20. The van der Waals surface area contributed by atoms with E-state index in [4.69, 9.17) is 11.6 Å². The highest BCUT2D eigenvalue weighted by atomic mass is 35.5. The first-order valence-corrected chi connectivity index (χ1v) is 8.74. The average molecular weight is 354 g/mol. The number of benzene rings is 1. The van der Waals surface area contributed by atoms with E-state index >= 15 is 0 Å². The van der Waals surface area contributed by atoms with Crippen molar-refractivity contribution in [3.05, 3.63) is 28.8 Å². The van der Waals surface area contributed by atoms with Gasteiger partial charge in [0.15, 0.2) is 0 Å². The minimum atomic E-state index is -0.155. The fourth-order valence-electron chi connectivity index (χ4n) is 2.16. The second-order valence-corrected chi connectivity index (χ2v) is 6.78. The van der Waals surface area contributed by atoms with Crippen LogP contribution in [0.5, 0.6) is 0 Å². The Morgan fingerprint density at radius 2 is 1.88 bits per heavy atom. The van der Waals surface area contributed by atoms with Crippen LogP contribution in [-0.4, -0.2) is 42.9 Å². The lowest BCUT2D eigenvalue weighted by Gasteiger charge is -2.20. The third-order valence-electron chi connectivity index (χ3n) is 3.70. The molecule has 24 heavy (non-hydrogen) atoms. The molecule has 0 aromatic heterocycles. The highest BCUT2D eigenvalue weighted by molar-refractivity contribution is 6.31. The quantitative estimate of drug-likeness (QED) is 0.717. The molecule has 0 saturated carbocycles. The molecule has 0 aliphatic heterocycles. The summed E-state index contributed by atoms with van der Waals surface area (Å²) in [6.45, 7) is 9.75. The van der Waals surface area contributed by atoms with Crippen molar-refractivity contribution in [3.8, 4) is 0 Å². The molecule has 5 nitrogen and oxygen atoms in total. The molecule has 0 aliphatic rings. The summed E-state index contributed by atoms with van der Waals surface area (Å²) >= 11 is 5.96. The lowest BCUT2D eigenvalue weighted by Crippen LogP contribution is -2.41. The van der Waals surface area contributed by atoms with Crippen LogP contribution in [-0.2, 0) is 9.59 Å². The molecule has 0 bridgehead atoms. The van der Waals surface area contributed by atoms with Gasteiger partial charge in [-0.25, -0.2) is 0 Å². The first-order valence-electron chi connectivity index (χ1n) is 8.36. The van der Waals surface area contributed by atoms with Gasteiger partial charge in [-0.1, -0.05) is 38.4 Å². The van der Waals surface area contributed by atoms with E-state index in [9.17, 15) is 9.59 Å². The van der Waals surface area contributed by atoms with E-state index in [-0.39, 0.29) is 24.9 Å². The Morgan fingerprint density at radius 1 is 1.21 bits per heavy atom. The van der Waals surface area contributed by atoms with E-state index in [1.54, 1.807) is 17.0 Å². The van der Waals surface area contributed by atoms with Gasteiger partial charge in [0.2, 0.25) is 11.8 Å². The summed E-state index contributed by atoms with van der Waals surface area (Å²) in [6.07, 6.45) is 0.951. The number of hydrogen-bond acceptors (Lipinski definition) is 3. The molecule has 2 amide bonds. The van der Waals surface area contributed by atoms with Crippen molar-refractivity contribution >= 4 is 29.1 Å². The molecule has 0 fully saturated rings. The van der Waals surface area contributed by atoms with Gasteiger partial charge in [-0.05, 0) is 43.5 Å². The number of hydrogen-bond donors (Lipinski definition) is 2. The third kappa shape index (κ3) is 7.79. The number of nitrogens with zero attached hydrogens (tertiary/aromatic N) is 1. The number of halogens is 1. The minimum absolute atomic E-state index is 0.0516. The zero-order valence-electron chi connectivity index (χ0n) is 15.0. The monoisotopic (exact) mass is 353 g/mol. The molecule has 0 saturated heterocycles. The van der Waals surface area contributed by atoms with Crippen molar-refractivity contribution < 1.29 is 9.59 Å². The van der Waals surface area contributed by atoms with E-state index < -0.39 is 0 Å². The fourth-order valence-corrected chi connectivity index (χ4v) is 2.33. The van der Waals surface area contributed by atoms with E-state index in [1.807, 2.05) is 19.9 Å². The number of aryl methyl sites for hydroxylation is 1. The molecule has 0 atom stereocenters. The Bertz CT molecular complexity index is 561. The smallest absolute Gasteiger partial charge is 0.238 e. The fraction of sp³-hybridized carbons (Fsp3) is 0.556. The van der Waals surface area contributed by atoms with Crippen molar-refractivity contribution in [3.63, 3.8) is 0 Å². The molecule has 0 aliphatic carbocycles. The maximum absolute atomic E-state index is 12.2. The molecule has 0 spiro atoms. The van der Waals surface area contributed by atoms with Gasteiger partial charge in [0.25, 0.3) is 0 Å². The molecule has 1 rings (SSSR count). The molecule has 1 aromatic rings. The minimum Gasteiger partial charge on any atom is -0.355 e. The molecular weight excluding hydrogens is 326 g/mol. The van der Waals surface area contributed by atoms with Gasteiger partial charge >= 0.3 is 0 Å². The standard InChI is InChI=1S/C18H28ClN3O2/c1-5-22(11-17(23)20-9-8-13(2)3)12-18(24)21-16-10-15(19)7-6-14(16)4/h6-7,10,13H,5,8-9,11-12H2,1-4H3,(H,20,23)(H,21,24). The number of carbonyl (C=O) groups excluding carboxylic acids is 2. The van der Waals surface area contributed by atoms with Gasteiger partial charge in [-0.2, -0.15) is 0 Å². The van der Waals surface area contributed by atoms with E-state index in [1.165, 1.54) is 0 Å². The van der Waals surface area contributed by atoms with Crippen LogP contribution in [0.25, 0.3) is 0 Å². The Balaban J connectivity index is 2.47. The van der Waals surface area contributed by atoms with E-state index in [2.05, 4.69) is 24.5 Å². The van der Waals surface area contributed by atoms with Crippen LogP contribution in [0.15, 0.2) is 18.2 Å². The first kappa shape index (κ1) is 20.5. The molecule has 1 aromatic carbocycles. The molecule has 0 heterocycles. The van der Waals surface area contributed by atoms with Crippen molar-refractivity contribution in [1.29, 1.82) is 0 Å². The number of rotatable bonds is 9. The highest BCUT2D eigenvalue weighted by Gasteiger charge is 2.14. The summed E-state index contributed by atoms with van der Waals surface area (Å²) in [4.78, 5) is 25.9. The zero-order chi connectivity index (χ0) is 18.1. The molecule has 6 heteroatoms.